The van der Waals surface area contributed by atoms with Crippen LogP contribution in [0.1, 0.15) is 25.8 Å². The largest absolute Gasteiger partial charge is 0.390 e. The van der Waals surface area contributed by atoms with Gasteiger partial charge in [-0.1, -0.05) is 44.2 Å². The molecule has 1 rings (SSSR count). The first kappa shape index (κ1) is 14.2. The molecule has 3 nitrogen and oxygen atoms in total. The first-order chi connectivity index (χ1) is 7.98. The average Bonchev–Trinajstić information content (AvgIpc) is 2.28. The zero-order chi connectivity index (χ0) is 12.9. The first-order valence-corrected chi connectivity index (χ1v) is 6.19. The van der Waals surface area contributed by atoms with E-state index >= 15 is 0 Å². The normalized spacial score (nSPS) is 16.8. The molecular weight excluding hydrogens is 212 g/mol. The fourth-order valence-corrected chi connectivity index (χ4v) is 2.30. The van der Waals surface area contributed by atoms with Crippen molar-refractivity contribution in [2.75, 3.05) is 6.54 Å². The van der Waals surface area contributed by atoms with E-state index in [0.717, 1.165) is 12.0 Å². The predicted octanol–water partition coefficient (Wildman–Crippen LogP) is 1.29. The van der Waals surface area contributed by atoms with Crippen molar-refractivity contribution in [3.63, 3.8) is 0 Å². The van der Waals surface area contributed by atoms with Crippen LogP contribution in [-0.2, 0) is 6.42 Å². The van der Waals surface area contributed by atoms with E-state index in [1.54, 1.807) is 0 Å². The molecule has 0 spiro atoms. The van der Waals surface area contributed by atoms with Crippen molar-refractivity contribution in [3.05, 3.63) is 35.9 Å². The van der Waals surface area contributed by atoms with Crippen molar-refractivity contribution in [3.8, 4) is 0 Å². The van der Waals surface area contributed by atoms with Gasteiger partial charge >= 0.3 is 0 Å². The molecule has 0 aromatic heterocycles. The third-order valence-electron chi connectivity index (χ3n) is 3.05. The molecular formula is C14H24N2O. The zero-order valence-electron chi connectivity index (χ0n) is 10.8. The van der Waals surface area contributed by atoms with E-state index in [0.29, 0.717) is 12.3 Å². The average molecular weight is 236 g/mol. The minimum atomic E-state index is -0.662. The van der Waals surface area contributed by atoms with Crippen LogP contribution in [0, 0.1) is 5.92 Å². The van der Waals surface area contributed by atoms with E-state index in [9.17, 15) is 5.11 Å². The van der Waals surface area contributed by atoms with Crippen LogP contribution in [0.4, 0.5) is 0 Å². The highest BCUT2D eigenvalue weighted by Crippen LogP contribution is 2.23. The van der Waals surface area contributed by atoms with Gasteiger partial charge in [0.1, 0.15) is 0 Å². The van der Waals surface area contributed by atoms with Crippen molar-refractivity contribution in [1.29, 1.82) is 0 Å². The summed E-state index contributed by atoms with van der Waals surface area (Å²) in [6, 6.07) is 10.0. The summed E-state index contributed by atoms with van der Waals surface area (Å²) in [7, 11) is 0. The Bertz CT molecular complexity index is 326. The number of hydrogen-bond acceptors (Lipinski definition) is 3. The summed E-state index contributed by atoms with van der Waals surface area (Å²) in [5.74, 6) is 0.435. The number of nitrogens with two attached hydrogens (primary N) is 2. The van der Waals surface area contributed by atoms with E-state index in [-0.39, 0.29) is 6.54 Å². The van der Waals surface area contributed by atoms with E-state index in [2.05, 4.69) is 13.8 Å². The van der Waals surface area contributed by atoms with Gasteiger partial charge in [0.15, 0.2) is 0 Å². The molecule has 3 heteroatoms. The summed E-state index contributed by atoms with van der Waals surface area (Å²) < 4.78 is 0. The lowest BCUT2D eigenvalue weighted by atomic mass is 9.80. The molecule has 0 amide bonds. The van der Waals surface area contributed by atoms with Gasteiger partial charge in [-0.2, -0.15) is 0 Å². The molecule has 17 heavy (non-hydrogen) atoms. The van der Waals surface area contributed by atoms with E-state index in [1.807, 2.05) is 30.3 Å². The fraction of sp³-hybridized carbons (Fsp3) is 0.571. The molecule has 0 heterocycles. The Hall–Kier alpha value is -0.900. The molecule has 96 valence electrons. The highest BCUT2D eigenvalue weighted by atomic mass is 16.3. The molecule has 1 aromatic rings. The van der Waals surface area contributed by atoms with Gasteiger partial charge in [-0.05, 0) is 24.3 Å². The summed E-state index contributed by atoms with van der Waals surface area (Å²) in [5.41, 5.74) is 12.4. The van der Waals surface area contributed by atoms with Crippen LogP contribution >= 0.6 is 0 Å². The topological polar surface area (TPSA) is 72.3 Å². The maximum absolute atomic E-state index is 10.0. The molecule has 0 aliphatic carbocycles. The number of aliphatic hydroxyl groups excluding tert-OH is 1. The van der Waals surface area contributed by atoms with Gasteiger partial charge in [-0.3, -0.25) is 0 Å². The second-order valence-electron chi connectivity index (χ2n) is 5.25. The Morgan fingerprint density at radius 1 is 1.24 bits per heavy atom. The molecule has 1 aromatic carbocycles. The summed E-state index contributed by atoms with van der Waals surface area (Å²) in [4.78, 5) is 0. The molecule has 0 bridgehead atoms. The second-order valence-corrected chi connectivity index (χ2v) is 5.25. The summed E-state index contributed by atoms with van der Waals surface area (Å²) in [6.07, 6.45) is 0.759. The summed E-state index contributed by atoms with van der Waals surface area (Å²) in [6.45, 7) is 4.42. The van der Waals surface area contributed by atoms with Crippen molar-refractivity contribution < 1.29 is 5.11 Å². The van der Waals surface area contributed by atoms with Gasteiger partial charge < -0.3 is 16.6 Å². The number of rotatable bonds is 6. The van der Waals surface area contributed by atoms with Gasteiger partial charge in [0.05, 0.1) is 6.10 Å². The maximum atomic E-state index is 10.0. The van der Waals surface area contributed by atoms with E-state index < -0.39 is 11.6 Å². The highest BCUT2D eigenvalue weighted by Gasteiger charge is 2.33. The molecule has 0 radical (unpaired) electrons. The third kappa shape index (κ3) is 4.11. The van der Waals surface area contributed by atoms with E-state index in [1.165, 1.54) is 0 Å². The van der Waals surface area contributed by atoms with Gasteiger partial charge in [-0.25, -0.2) is 0 Å². The molecule has 0 aliphatic heterocycles. The minimum absolute atomic E-state index is 0.204. The van der Waals surface area contributed by atoms with Gasteiger partial charge in [0.25, 0.3) is 0 Å². The Morgan fingerprint density at radius 3 is 2.29 bits per heavy atom. The Labute approximate surface area is 104 Å². The smallest absolute Gasteiger partial charge is 0.0844 e. The first-order valence-electron chi connectivity index (χ1n) is 6.19. The minimum Gasteiger partial charge on any atom is -0.390 e. The zero-order valence-corrected chi connectivity index (χ0v) is 10.8. The Kier molecular flexibility index (Phi) is 5.12. The van der Waals surface area contributed by atoms with Gasteiger partial charge in [-0.15, -0.1) is 0 Å². The van der Waals surface area contributed by atoms with Crippen LogP contribution in [0.25, 0.3) is 0 Å². The van der Waals surface area contributed by atoms with Gasteiger partial charge in [0.2, 0.25) is 0 Å². The molecule has 0 saturated heterocycles. The number of aliphatic hydroxyl groups is 1. The molecule has 2 atom stereocenters. The fourth-order valence-electron chi connectivity index (χ4n) is 2.30. The van der Waals surface area contributed by atoms with Crippen molar-refractivity contribution >= 4 is 0 Å². The van der Waals surface area contributed by atoms with Crippen LogP contribution in [0.3, 0.4) is 0 Å². The maximum Gasteiger partial charge on any atom is 0.0844 e. The van der Waals surface area contributed by atoms with Crippen LogP contribution in [-0.4, -0.2) is 23.3 Å². The summed E-state index contributed by atoms with van der Waals surface area (Å²) >= 11 is 0. The molecule has 0 saturated carbocycles. The monoisotopic (exact) mass is 236 g/mol. The lowest BCUT2D eigenvalue weighted by Crippen LogP contribution is -2.56. The Balaban J connectivity index is 2.83. The molecule has 0 fully saturated rings. The lowest BCUT2D eigenvalue weighted by molar-refractivity contribution is 0.0768. The van der Waals surface area contributed by atoms with E-state index in [4.69, 9.17) is 11.5 Å². The number of benzene rings is 1. The van der Waals surface area contributed by atoms with Crippen LogP contribution in [0.15, 0.2) is 30.3 Å². The van der Waals surface area contributed by atoms with Crippen molar-refractivity contribution in [2.24, 2.45) is 17.4 Å². The van der Waals surface area contributed by atoms with Crippen LogP contribution < -0.4 is 11.5 Å². The highest BCUT2D eigenvalue weighted by molar-refractivity contribution is 5.18. The SMILES string of the molecule is CC(C)CC(N)(Cc1ccccc1)C(O)CN. The molecule has 0 aliphatic rings. The molecule has 5 N–H and O–H groups in total. The van der Waals surface area contributed by atoms with Crippen molar-refractivity contribution in [2.45, 2.75) is 38.3 Å². The van der Waals surface area contributed by atoms with Gasteiger partial charge in [0, 0.05) is 12.1 Å². The number of hydrogen-bond donors (Lipinski definition) is 3. The molecule has 2 unspecified atom stereocenters. The second kappa shape index (κ2) is 6.15. The predicted molar refractivity (Wildman–Crippen MR) is 71.6 cm³/mol. The van der Waals surface area contributed by atoms with Crippen LogP contribution in [0.5, 0.6) is 0 Å². The van der Waals surface area contributed by atoms with Crippen molar-refractivity contribution in [1.82, 2.24) is 0 Å². The quantitative estimate of drug-likeness (QED) is 0.697. The lowest BCUT2D eigenvalue weighted by Gasteiger charge is -2.35. The summed E-state index contributed by atoms with van der Waals surface area (Å²) in [5, 5.41) is 10.0. The van der Waals surface area contributed by atoms with Crippen LogP contribution in [0.2, 0.25) is 0 Å². The third-order valence-corrected chi connectivity index (χ3v) is 3.05. The standard InChI is InChI=1S/C14H24N2O/c1-11(2)8-14(16,13(17)10-15)9-12-6-4-3-5-7-12/h3-7,11,13,17H,8-10,15-16H2,1-2H3. The Morgan fingerprint density at radius 2 is 1.82 bits per heavy atom.